The van der Waals surface area contributed by atoms with E-state index in [0.29, 0.717) is 12.5 Å². The Hall–Kier alpha value is -3.15. The monoisotopic (exact) mass is 414 g/mol. The summed E-state index contributed by atoms with van der Waals surface area (Å²) in [7, 11) is 0. The van der Waals surface area contributed by atoms with Crippen molar-refractivity contribution in [1.29, 1.82) is 0 Å². The third-order valence-electron chi connectivity index (χ3n) is 5.51. The number of aromatic nitrogens is 3. The Morgan fingerprint density at radius 2 is 1.61 bits per heavy atom. The zero-order valence-corrected chi connectivity index (χ0v) is 18.5. The van der Waals surface area contributed by atoms with Gasteiger partial charge in [-0.15, -0.1) is 5.11 Å². The highest BCUT2D eigenvalue weighted by atomic mass is 15.3. The van der Waals surface area contributed by atoms with Crippen molar-refractivity contribution in [3.8, 4) is 11.1 Å². The third-order valence-corrected chi connectivity index (χ3v) is 5.51. The van der Waals surface area contributed by atoms with Crippen LogP contribution in [0.2, 0.25) is 0 Å². The zero-order chi connectivity index (χ0) is 21.5. The molecule has 1 aliphatic heterocycles. The van der Waals surface area contributed by atoms with Crippen LogP contribution in [-0.4, -0.2) is 27.3 Å². The molecule has 0 spiro atoms. The number of benzene rings is 2. The molecule has 6 nitrogen and oxygen atoms in total. The first-order chi connectivity index (χ1) is 15.3. The van der Waals surface area contributed by atoms with Crippen molar-refractivity contribution in [2.75, 3.05) is 6.67 Å². The van der Waals surface area contributed by atoms with Gasteiger partial charge >= 0.3 is 0 Å². The number of hydrogen-bond acceptors (Lipinski definition) is 5. The van der Waals surface area contributed by atoms with Crippen molar-refractivity contribution in [3.05, 3.63) is 71.3 Å². The molecule has 0 saturated heterocycles. The number of azo groups is 1. The number of aliphatic imine (C=N–C) groups is 1. The number of rotatable bonds is 10. The minimum Gasteiger partial charge on any atom is -0.245 e. The first-order valence-electron chi connectivity index (χ1n) is 11.3. The molecule has 1 aliphatic rings. The molecule has 4 rings (SSSR count). The van der Waals surface area contributed by atoms with E-state index in [-0.39, 0.29) is 0 Å². The Balaban J connectivity index is 1.55. The summed E-state index contributed by atoms with van der Waals surface area (Å²) in [6.07, 6.45) is 6.54. The van der Waals surface area contributed by atoms with Crippen LogP contribution in [-0.2, 0) is 19.4 Å². The van der Waals surface area contributed by atoms with E-state index in [9.17, 15) is 0 Å². The summed E-state index contributed by atoms with van der Waals surface area (Å²) in [6, 6.07) is 16.9. The molecule has 2 heterocycles. The molecule has 0 bridgehead atoms. The summed E-state index contributed by atoms with van der Waals surface area (Å²) >= 11 is 0. The van der Waals surface area contributed by atoms with E-state index in [2.05, 4.69) is 70.1 Å². The second-order valence-electron chi connectivity index (χ2n) is 7.92. The fourth-order valence-corrected chi connectivity index (χ4v) is 3.77. The maximum absolute atomic E-state index is 4.82. The molecule has 1 aromatic heterocycles. The zero-order valence-electron chi connectivity index (χ0n) is 18.5. The van der Waals surface area contributed by atoms with E-state index in [1.54, 1.807) is 0 Å². The minimum absolute atomic E-state index is 0.418. The largest absolute Gasteiger partial charge is 0.245 e. The van der Waals surface area contributed by atoms with E-state index in [0.717, 1.165) is 73.4 Å². The maximum Gasteiger partial charge on any atom is 0.179 e. The predicted octanol–water partition coefficient (Wildman–Crippen LogP) is 5.85. The van der Waals surface area contributed by atoms with Gasteiger partial charge in [0.2, 0.25) is 0 Å². The van der Waals surface area contributed by atoms with Crippen LogP contribution < -0.4 is 0 Å². The van der Waals surface area contributed by atoms with Gasteiger partial charge in [-0.05, 0) is 29.5 Å². The molecule has 0 radical (unpaired) electrons. The van der Waals surface area contributed by atoms with Gasteiger partial charge in [-0.25, -0.2) is 14.7 Å². The number of nitrogens with zero attached hydrogens (tertiary/aromatic N) is 6. The lowest BCUT2D eigenvalue weighted by Gasteiger charge is -2.10. The second-order valence-corrected chi connectivity index (χ2v) is 7.92. The van der Waals surface area contributed by atoms with E-state index in [1.165, 1.54) is 5.56 Å². The standard InChI is InChI=1S/C25H30N6/c1-3-5-11-23-28-24(12-6-4-2)31(30-23)17-19-13-15-20(16-14-19)21-9-7-8-10-22(21)25-26-18-27-29-25/h7-10,13-16H,3-6,11-12,17-18H2,1-2H3. The lowest BCUT2D eigenvalue weighted by molar-refractivity contribution is 0.612. The van der Waals surface area contributed by atoms with Crippen LogP contribution in [0.5, 0.6) is 0 Å². The third kappa shape index (κ3) is 5.13. The number of amidine groups is 1. The maximum atomic E-state index is 4.82. The molecule has 0 fully saturated rings. The van der Waals surface area contributed by atoms with Crippen LogP contribution in [0, 0.1) is 0 Å². The van der Waals surface area contributed by atoms with Gasteiger partial charge in [0.25, 0.3) is 0 Å². The molecule has 0 unspecified atom stereocenters. The molecule has 2 aromatic carbocycles. The highest BCUT2D eigenvalue weighted by Gasteiger charge is 2.13. The van der Waals surface area contributed by atoms with E-state index < -0.39 is 0 Å². The lowest BCUT2D eigenvalue weighted by atomic mass is 9.98. The van der Waals surface area contributed by atoms with Crippen molar-refractivity contribution in [2.24, 2.45) is 15.2 Å². The fourth-order valence-electron chi connectivity index (χ4n) is 3.77. The summed E-state index contributed by atoms with van der Waals surface area (Å²) in [5.74, 6) is 2.79. The van der Waals surface area contributed by atoms with Crippen LogP contribution in [0.1, 0.15) is 62.3 Å². The molecule has 0 aliphatic carbocycles. The lowest BCUT2D eigenvalue weighted by Crippen LogP contribution is -2.07. The Morgan fingerprint density at radius 3 is 2.32 bits per heavy atom. The Kier molecular flexibility index (Phi) is 6.97. The number of unbranched alkanes of at least 4 members (excludes halogenated alkanes) is 2. The molecular formula is C25H30N6. The SMILES string of the molecule is CCCCc1nc(CCCC)n(Cc2ccc(-c3ccccc3C3=NCN=N3)cc2)n1. The molecule has 3 aromatic rings. The van der Waals surface area contributed by atoms with Gasteiger partial charge in [-0.3, -0.25) is 0 Å². The molecule has 0 atom stereocenters. The quantitative estimate of drug-likeness (QED) is 0.418. The van der Waals surface area contributed by atoms with Crippen LogP contribution in [0.25, 0.3) is 11.1 Å². The molecule has 31 heavy (non-hydrogen) atoms. The highest BCUT2D eigenvalue weighted by molar-refractivity contribution is 6.05. The van der Waals surface area contributed by atoms with Crippen LogP contribution in [0.4, 0.5) is 0 Å². The molecular weight excluding hydrogens is 384 g/mol. The van der Waals surface area contributed by atoms with Gasteiger partial charge in [0, 0.05) is 18.4 Å². The Morgan fingerprint density at radius 1 is 0.871 bits per heavy atom. The fraction of sp³-hybridized carbons (Fsp3) is 0.400. The number of aryl methyl sites for hydroxylation is 2. The van der Waals surface area contributed by atoms with Gasteiger partial charge in [-0.1, -0.05) is 75.2 Å². The summed E-state index contributed by atoms with van der Waals surface area (Å²) in [5.41, 5.74) is 4.52. The molecule has 0 saturated carbocycles. The van der Waals surface area contributed by atoms with E-state index in [4.69, 9.17) is 10.1 Å². The smallest absolute Gasteiger partial charge is 0.179 e. The Bertz CT molecular complexity index is 1060. The van der Waals surface area contributed by atoms with E-state index in [1.807, 2.05) is 12.1 Å². The van der Waals surface area contributed by atoms with E-state index >= 15 is 0 Å². The molecule has 0 N–H and O–H groups in total. The molecule has 6 heteroatoms. The highest BCUT2D eigenvalue weighted by Crippen LogP contribution is 2.26. The first kappa shape index (κ1) is 21.1. The van der Waals surface area contributed by atoms with Crippen LogP contribution in [0.3, 0.4) is 0 Å². The Labute approximate surface area is 184 Å². The molecule has 0 amide bonds. The van der Waals surface area contributed by atoms with Crippen molar-refractivity contribution in [2.45, 2.75) is 58.9 Å². The molecule has 160 valence electrons. The second kappa shape index (κ2) is 10.2. The van der Waals surface area contributed by atoms with Crippen molar-refractivity contribution in [1.82, 2.24) is 14.8 Å². The summed E-state index contributed by atoms with van der Waals surface area (Å²) in [5, 5.41) is 13.0. The number of hydrogen-bond donors (Lipinski definition) is 0. The summed E-state index contributed by atoms with van der Waals surface area (Å²) in [6.45, 7) is 5.59. The normalized spacial score (nSPS) is 13.0. The van der Waals surface area contributed by atoms with Crippen LogP contribution in [0.15, 0.2) is 63.8 Å². The predicted molar refractivity (Wildman–Crippen MR) is 124 cm³/mol. The van der Waals surface area contributed by atoms with Gasteiger partial charge < -0.3 is 0 Å². The first-order valence-corrected chi connectivity index (χ1v) is 11.3. The average molecular weight is 415 g/mol. The average Bonchev–Trinajstić information content (AvgIpc) is 3.47. The van der Waals surface area contributed by atoms with Gasteiger partial charge in [0.1, 0.15) is 5.82 Å². The van der Waals surface area contributed by atoms with Gasteiger partial charge in [0.15, 0.2) is 18.3 Å². The van der Waals surface area contributed by atoms with Crippen molar-refractivity contribution in [3.63, 3.8) is 0 Å². The van der Waals surface area contributed by atoms with Crippen molar-refractivity contribution >= 4 is 5.84 Å². The van der Waals surface area contributed by atoms with Gasteiger partial charge in [-0.2, -0.15) is 10.2 Å². The van der Waals surface area contributed by atoms with Crippen LogP contribution >= 0.6 is 0 Å². The van der Waals surface area contributed by atoms with Gasteiger partial charge in [0.05, 0.1) is 6.54 Å². The summed E-state index contributed by atoms with van der Waals surface area (Å²) < 4.78 is 2.09. The summed E-state index contributed by atoms with van der Waals surface area (Å²) in [4.78, 5) is 9.21. The topological polar surface area (TPSA) is 67.8 Å². The van der Waals surface area contributed by atoms with Crippen molar-refractivity contribution < 1.29 is 0 Å². The minimum atomic E-state index is 0.418.